The molecule has 0 radical (unpaired) electrons. The summed E-state index contributed by atoms with van der Waals surface area (Å²) in [5.74, 6) is 1.54. The topological polar surface area (TPSA) is 55.1 Å². The second-order valence-corrected chi connectivity index (χ2v) is 5.10. The van der Waals surface area contributed by atoms with Crippen LogP contribution in [0.3, 0.4) is 0 Å². The van der Waals surface area contributed by atoms with E-state index in [1.165, 1.54) is 38.5 Å². The van der Waals surface area contributed by atoms with Crippen LogP contribution in [-0.4, -0.2) is 18.5 Å². The Labute approximate surface area is 104 Å². The molecule has 0 aromatic carbocycles. The summed E-state index contributed by atoms with van der Waals surface area (Å²) >= 11 is 0. The van der Waals surface area contributed by atoms with Gasteiger partial charge >= 0.3 is 0 Å². The molecular formula is C12H23ClN2O. The number of carbonyl (C=O) groups excluding carboxylic acids is 1. The molecule has 2 saturated carbocycles. The van der Waals surface area contributed by atoms with E-state index >= 15 is 0 Å². The number of hydrogen-bond acceptors (Lipinski definition) is 2. The van der Waals surface area contributed by atoms with E-state index in [0.717, 1.165) is 6.42 Å². The molecule has 3 N–H and O–H groups in total. The van der Waals surface area contributed by atoms with E-state index in [1.54, 1.807) is 0 Å². The van der Waals surface area contributed by atoms with Crippen molar-refractivity contribution in [3.05, 3.63) is 0 Å². The van der Waals surface area contributed by atoms with Gasteiger partial charge in [0.2, 0.25) is 5.91 Å². The van der Waals surface area contributed by atoms with Gasteiger partial charge in [0.15, 0.2) is 0 Å². The average Bonchev–Trinajstić information content (AvgIpc) is 2.95. The van der Waals surface area contributed by atoms with Gasteiger partial charge in [-0.25, -0.2) is 0 Å². The van der Waals surface area contributed by atoms with Gasteiger partial charge in [-0.2, -0.15) is 0 Å². The van der Waals surface area contributed by atoms with Crippen LogP contribution < -0.4 is 11.1 Å². The van der Waals surface area contributed by atoms with E-state index in [2.05, 4.69) is 5.32 Å². The number of hydrogen-bond donors (Lipinski definition) is 2. The van der Waals surface area contributed by atoms with Gasteiger partial charge in [-0.05, 0) is 37.5 Å². The zero-order valence-electron chi connectivity index (χ0n) is 9.78. The molecule has 2 aliphatic rings. The molecule has 0 bridgehead atoms. The Kier molecular flexibility index (Phi) is 5.56. The maximum atomic E-state index is 11.7. The van der Waals surface area contributed by atoms with Crippen molar-refractivity contribution in [2.75, 3.05) is 6.54 Å². The summed E-state index contributed by atoms with van der Waals surface area (Å²) in [6.07, 6.45) is 8.30. The third kappa shape index (κ3) is 3.95. The number of nitrogens with two attached hydrogens (primary N) is 1. The highest BCUT2D eigenvalue weighted by molar-refractivity contribution is 5.85. The number of nitrogens with one attached hydrogen (secondary N) is 1. The van der Waals surface area contributed by atoms with Crippen LogP contribution in [0.5, 0.6) is 0 Å². The van der Waals surface area contributed by atoms with Gasteiger partial charge in [-0.15, -0.1) is 12.4 Å². The van der Waals surface area contributed by atoms with Crippen molar-refractivity contribution in [1.82, 2.24) is 5.32 Å². The molecule has 0 aromatic rings. The van der Waals surface area contributed by atoms with Gasteiger partial charge in [0.25, 0.3) is 0 Å². The average molecular weight is 247 g/mol. The first-order chi connectivity index (χ1) is 7.29. The van der Waals surface area contributed by atoms with Gasteiger partial charge in [0.1, 0.15) is 0 Å². The number of carbonyl (C=O) groups is 1. The van der Waals surface area contributed by atoms with Crippen molar-refractivity contribution in [3.8, 4) is 0 Å². The predicted octanol–water partition coefficient (Wildman–Crippen LogP) is 1.84. The van der Waals surface area contributed by atoms with Crippen LogP contribution in [-0.2, 0) is 4.79 Å². The Morgan fingerprint density at radius 1 is 1.25 bits per heavy atom. The lowest BCUT2D eigenvalue weighted by Crippen LogP contribution is -2.42. The minimum Gasteiger partial charge on any atom is -0.352 e. The van der Waals surface area contributed by atoms with Crippen LogP contribution in [0.2, 0.25) is 0 Å². The van der Waals surface area contributed by atoms with Crippen molar-refractivity contribution in [2.45, 2.75) is 51.0 Å². The minimum atomic E-state index is 0. The summed E-state index contributed by atoms with van der Waals surface area (Å²) in [5.41, 5.74) is 5.66. The lowest BCUT2D eigenvalue weighted by atomic mass is 10.0. The van der Waals surface area contributed by atoms with Crippen molar-refractivity contribution < 1.29 is 4.79 Å². The molecule has 2 fully saturated rings. The smallest absolute Gasteiger partial charge is 0.220 e. The zero-order chi connectivity index (χ0) is 10.7. The summed E-state index contributed by atoms with van der Waals surface area (Å²) in [6, 6.07) is 0.249. The molecule has 1 unspecified atom stereocenters. The first-order valence-corrected chi connectivity index (χ1v) is 6.29. The molecule has 0 saturated heterocycles. The normalized spacial score (nSPS) is 22.6. The Balaban J connectivity index is 0.00000128. The van der Waals surface area contributed by atoms with E-state index < -0.39 is 0 Å². The Bertz CT molecular complexity index is 225. The molecule has 0 aromatic heterocycles. The maximum absolute atomic E-state index is 11.7. The zero-order valence-corrected chi connectivity index (χ0v) is 10.6. The molecule has 4 heteroatoms. The summed E-state index contributed by atoms with van der Waals surface area (Å²) in [6.45, 7) is 0.598. The Hall–Kier alpha value is -0.280. The lowest BCUT2D eigenvalue weighted by Gasteiger charge is -2.17. The van der Waals surface area contributed by atoms with Gasteiger partial charge in [-0.3, -0.25) is 4.79 Å². The second kappa shape index (κ2) is 6.45. The first kappa shape index (κ1) is 13.8. The van der Waals surface area contributed by atoms with E-state index in [-0.39, 0.29) is 24.4 Å². The van der Waals surface area contributed by atoms with Crippen molar-refractivity contribution in [1.29, 1.82) is 0 Å². The van der Waals surface area contributed by atoms with E-state index in [4.69, 9.17) is 5.73 Å². The summed E-state index contributed by atoms with van der Waals surface area (Å²) in [7, 11) is 0. The first-order valence-electron chi connectivity index (χ1n) is 6.29. The van der Waals surface area contributed by atoms with E-state index in [0.29, 0.717) is 18.4 Å². The highest BCUT2D eigenvalue weighted by Gasteiger charge is 2.31. The fourth-order valence-corrected chi connectivity index (χ4v) is 2.61. The van der Waals surface area contributed by atoms with E-state index in [1.807, 2.05) is 0 Å². The highest BCUT2D eigenvalue weighted by atomic mass is 35.5. The highest BCUT2D eigenvalue weighted by Crippen LogP contribution is 2.32. The quantitative estimate of drug-likeness (QED) is 0.778. The van der Waals surface area contributed by atoms with Crippen LogP contribution in [0.15, 0.2) is 0 Å². The maximum Gasteiger partial charge on any atom is 0.220 e. The van der Waals surface area contributed by atoms with Gasteiger partial charge in [-0.1, -0.05) is 12.8 Å². The van der Waals surface area contributed by atoms with Crippen molar-refractivity contribution in [2.24, 2.45) is 17.6 Å². The SMILES string of the molecule is Cl.NCC(NC(=O)CC1CCCC1)C1CC1. The number of rotatable bonds is 5. The fraction of sp³-hybridized carbons (Fsp3) is 0.917. The van der Waals surface area contributed by atoms with Crippen LogP contribution in [0, 0.1) is 11.8 Å². The van der Waals surface area contributed by atoms with Crippen molar-refractivity contribution >= 4 is 18.3 Å². The van der Waals surface area contributed by atoms with Gasteiger partial charge in [0, 0.05) is 19.0 Å². The Morgan fingerprint density at radius 2 is 1.88 bits per heavy atom. The monoisotopic (exact) mass is 246 g/mol. The molecule has 0 heterocycles. The van der Waals surface area contributed by atoms with Crippen LogP contribution >= 0.6 is 12.4 Å². The van der Waals surface area contributed by atoms with E-state index in [9.17, 15) is 4.79 Å². The summed E-state index contributed by atoms with van der Waals surface area (Å²) < 4.78 is 0. The summed E-state index contributed by atoms with van der Waals surface area (Å²) in [5, 5.41) is 3.09. The molecular weight excluding hydrogens is 224 g/mol. The second-order valence-electron chi connectivity index (χ2n) is 5.10. The van der Waals surface area contributed by atoms with Crippen LogP contribution in [0.1, 0.15) is 44.9 Å². The predicted molar refractivity (Wildman–Crippen MR) is 67.5 cm³/mol. The minimum absolute atomic E-state index is 0. The molecule has 1 amide bonds. The Morgan fingerprint density at radius 3 is 2.38 bits per heavy atom. The molecule has 3 nitrogen and oxygen atoms in total. The van der Waals surface area contributed by atoms with Gasteiger partial charge < -0.3 is 11.1 Å². The largest absolute Gasteiger partial charge is 0.352 e. The third-order valence-electron chi connectivity index (χ3n) is 3.74. The van der Waals surface area contributed by atoms with Crippen LogP contribution in [0.25, 0.3) is 0 Å². The summed E-state index contributed by atoms with van der Waals surface area (Å²) in [4.78, 5) is 11.7. The molecule has 0 aliphatic heterocycles. The molecule has 16 heavy (non-hydrogen) atoms. The fourth-order valence-electron chi connectivity index (χ4n) is 2.61. The number of halogens is 1. The third-order valence-corrected chi connectivity index (χ3v) is 3.74. The van der Waals surface area contributed by atoms with Crippen molar-refractivity contribution in [3.63, 3.8) is 0 Å². The molecule has 94 valence electrons. The number of amides is 1. The van der Waals surface area contributed by atoms with Gasteiger partial charge in [0.05, 0.1) is 0 Å². The lowest BCUT2D eigenvalue weighted by molar-refractivity contribution is -0.122. The molecule has 0 spiro atoms. The molecule has 2 rings (SSSR count). The molecule has 1 atom stereocenters. The standard InChI is InChI=1S/C12H22N2O.ClH/c13-8-11(10-5-6-10)14-12(15)7-9-3-1-2-4-9;/h9-11H,1-8,13H2,(H,14,15);1H. The van der Waals surface area contributed by atoms with Crippen LogP contribution in [0.4, 0.5) is 0 Å². The molecule has 2 aliphatic carbocycles.